The molecule has 17 heavy (non-hydrogen) atoms. The molecule has 1 heterocycles. The number of morpholine rings is 1. The lowest BCUT2D eigenvalue weighted by Gasteiger charge is -2.32. The third kappa shape index (κ3) is 2.92. The summed E-state index contributed by atoms with van der Waals surface area (Å²) in [7, 11) is 0. The lowest BCUT2D eigenvalue weighted by atomic mass is 10.1. The van der Waals surface area contributed by atoms with Crippen molar-refractivity contribution in [2.24, 2.45) is 0 Å². The summed E-state index contributed by atoms with van der Waals surface area (Å²) in [6.07, 6.45) is -0.345. The maximum Gasteiger partial charge on any atom is 0.161 e. The molecule has 0 radical (unpaired) electrons. The van der Waals surface area contributed by atoms with E-state index in [0.717, 1.165) is 28.1 Å². The van der Waals surface area contributed by atoms with Gasteiger partial charge in [0.25, 0.3) is 0 Å². The Hall–Kier alpha value is -0.760. The number of halogens is 2. The van der Waals surface area contributed by atoms with E-state index < -0.39 is 0 Å². The van der Waals surface area contributed by atoms with Gasteiger partial charge >= 0.3 is 0 Å². The van der Waals surface area contributed by atoms with E-state index in [4.69, 9.17) is 21.6 Å². The number of anilines is 1. The molecule has 0 amide bonds. The van der Waals surface area contributed by atoms with E-state index in [2.05, 4.69) is 26.9 Å². The third-order valence-corrected chi connectivity index (χ3v) is 3.58. The Balaban J connectivity index is 2.24. The van der Waals surface area contributed by atoms with Crippen LogP contribution in [0.15, 0.2) is 18.2 Å². The molecular formula is C12H12BrClN2O. The van der Waals surface area contributed by atoms with Crippen molar-refractivity contribution in [1.82, 2.24) is 0 Å². The predicted octanol–water partition coefficient (Wildman–Crippen LogP) is 2.96. The van der Waals surface area contributed by atoms with Crippen molar-refractivity contribution in [3.8, 4) is 6.07 Å². The maximum absolute atomic E-state index is 8.89. The zero-order valence-corrected chi connectivity index (χ0v) is 11.5. The van der Waals surface area contributed by atoms with E-state index in [0.29, 0.717) is 13.2 Å². The van der Waals surface area contributed by atoms with E-state index in [1.807, 2.05) is 18.2 Å². The van der Waals surface area contributed by atoms with Crippen molar-refractivity contribution in [3.05, 3.63) is 28.8 Å². The van der Waals surface area contributed by atoms with Crippen LogP contribution in [-0.2, 0) is 10.1 Å². The molecule has 0 aliphatic carbocycles. The molecule has 1 fully saturated rings. The molecule has 0 spiro atoms. The molecule has 90 valence electrons. The van der Waals surface area contributed by atoms with E-state index >= 15 is 0 Å². The normalized spacial score (nSPS) is 20.1. The highest BCUT2D eigenvalue weighted by molar-refractivity contribution is 9.08. The quantitative estimate of drug-likeness (QED) is 0.787. The summed E-state index contributed by atoms with van der Waals surface area (Å²) in [5, 5.41) is 10.4. The van der Waals surface area contributed by atoms with Crippen molar-refractivity contribution in [3.63, 3.8) is 0 Å². The van der Waals surface area contributed by atoms with Crippen LogP contribution in [0.3, 0.4) is 0 Å². The number of benzene rings is 1. The van der Waals surface area contributed by atoms with Gasteiger partial charge in [-0.15, -0.1) is 0 Å². The third-order valence-electron chi connectivity index (χ3n) is 2.74. The number of nitriles is 1. The van der Waals surface area contributed by atoms with Crippen molar-refractivity contribution in [2.45, 2.75) is 11.4 Å². The molecule has 1 unspecified atom stereocenters. The van der Waals surface area contributed by atoms with Crippen LogP contribution in [0.4, 0.5) is 5.69 Å². The summed E-state index contributed by atoms with van der Waals surface area (Å²) in [4.78, 5) is 2.17. The monoisotopic (exact) mass is 314 g/mol. The minimum atomic E-state index is -0.345. The Morgan fingerprint density at radius 1 is 1.59 bits per heavy atom. The number of alkyl halides is 1. The van der Waals surface area contributed by atoms with Gasteiger partial charge in [0, 0.05) is 22.6 Å². The molecule has 0 saturated carbocycles. The van der Waals surface area contributed by atoms with Crippen LogP contribution in [0, 0.1) is 11.3 Å². The molecule has 1 aromatic carbocycles. The molecule has 0 aromatic heterocycles. The van der Waals surface area contributed by atoms with Gasteiger partial charge in [0.1, 0.15) is 0 Å². The Morgan fingerprint density at radius 2 is 2.41 bits per heavy atom. The molecule has 0 bridgehead atoms. The largest absolute Gasteiger partial charge is 0.365 e. The van der Waals surface area contributed by atoms with Gasteiger partial charge in [0.2, 0.25) is 0 Å². The van der Waals surface area contributed by atoms with Crippen molar-refractivity contribution in [2.75, 3.05) is 24.6 Å². The fourth-order valence-electron chi connectivity index (χ4n) is 1.92. The first-order valence-electron chi connectivity index (χ1n) is 5.35. The minimum absolute atomic E-state index is 0.345. The minimum Gasteiger partial charge on any atom is -0.365 e. The van der Waals surface area contributed by atoms with Crippen LogP contribution < -0.4 is 4.90 Å². The zero-order chi connectivity index (χ0) is 12.3. The number of hydrogen-bond acceptors (Lipinski definition) is 3. The van der Waals surface area contributed by atoms with E-state index in [-0.39, 0.29) is 6.10 Å². The molecule has 1 aliphatic rings. The van der Waals surface area contributed by atoms with Gasteiger partial charge in [0.15, 0.2) is 6.10 Å². The average molecular weight is 316 g/mol. The molecule has 5 heteroatoms. The lowest BCUT2D eigenvalue weighted by molar-refractivity contribution is 0.0764. The first-order chi connectivity index (χ1) is 8.24. The van der Waals surface area contributed by atoms with Crippen molar-refractivity contribution >= 4 is 33.2 Å². The van der Waals surface area contributed by atoms with E-state index in [1.54, 1.807) is 0 Å². The summed E-state index contributed by atoms with van der Waals surface area (Å²) in [5.74, 6) is 0. The highest BCUT2D eigenvalue weighted by Crippen LogP contribution is 2.27. The Kier molecular flexibility index (Phi) is 4.27. The number of hydrogen-bond donors (Lipinski definition) is 0. The smallest absolute Gasteiger partial charge is 0.161 e. The molecule has 2 rings (SSSR count). The van der Waals surface area contributed by atoms with Crippen molar-refractivity contribution < 1.29 is 4.74 Å². The Bertz CT molecular complexity index is 447. The summed E-state index contributed by atoms with van der Waals surface area (Å²) < 4.78 is 5.34. The second kappa shape index (κ2) is 5.72. The molecule has 0 N–H and O–H groups in total. The standard InChI is InChI=1S/C12H12BrClN2O/c13-6-9-5-10(14)1-2-12(9)16-3-4-17-11(7-15)8-16/h1-2,5,11H,3-4,6,8H2. The second-order valence-electron chi connectivity index (χ2n) is 3.84. The van der Waals surface area contributed by atoms with Gasteiger partial charge in [-0.25, -0.2) is 0 Å². The SMILES string of the molecule is N#CC1CN(c2ccc(Cl)cc2CBr)CCO1. The average Bonchev–Trinajstić information content (AvgIpc) is 2.38. The Morgan fingerprint density at radius 3 is 3.12 bits per heavy atom. The van der Waals surface area contributed by atoms with Crippen molar-refractivity contribution in [1.29, 1.82) is 5.26 Å². The van der Waals surface area contributed by atoms with Gasteiger partial charge in [-0.1, -0.05) is 27.5 Å². The van der Waals surface area contributed by atoms with E-state index in [9.17, 15) is 0 Å². The van der Waals surface area contributed by atoms with Gasteiger partial charge in [-0.2, -0.15) is 5.26 Å². The first kappa shape index (κ1) is 12.7. The molecule has 1 aliphatic heterocycles. The summed E-state index contributed by atoms with van der Waals surface area (Å²) in [5.41, 5.74) is 2.26. The van der Waals surface area contributed by atoms with Gasteiger partial charge in [-0.05, 0) is 23.8 Å². The molecule has 3 nitrogen and oxygen atoms in total. The summed E-state index contributed by atoms with van der Waals surface area (Å²) in [6, 6.07) is 7.97. The van der Waals surface area contributed by atoms with E-state index in [1.165, 1.54) is 0 Å². The number of nitrogens with zero attached hydrogens (tertiary/aromatic N) is 2. The second-order valence-corrected chi connectivity index (χ2v) is 4.84. The number of rotatable bonds is 2. The molecule has 1 atom stereocenters. The summed E-state index contributed by atoms with van der Waals surface area (Å²) >= 11 is 9.43. The maximum atomic E-state index is 8.89. The molecule has 1 aromatic rings. The summed E-state index contributed by atoms with van der Waals surface area (Å²) in [6.45, 7) is 2.00. The van der Waals surface area contributed by atoms with Crippen LogP contribution in [0.25, 0.3) is 0 Å². The highest BCUT2D eigenvalue weighted by Gasteiger charge is 2.21. The fraction of sp³-hybridized carbons (Fsp3) is 0.417. The number of ether oxygens (including phenoxy) is 1. The lowest BCUT2D eigenvalue weighted by Crippen LogP contribution is -2.42. The Labute approximate surface area is 114 Å². The fourth-order valence-corrected chi connectivity index (χ4v) is 2.56. The van der Waals surface area contributed by atoms with Gasteiger partial charge in [-0.3, -0.25) is 0 Å². The van der Waals surface area contributed by atoms with Crippen LogP contribution in [-0.4, -0.2) is 25.8 Å². The molecule has 1 saturated heterocycles. The van der Waals surface area contributed by atoms with Crippen LogP contribution >= 0.6 is 27.5 Å². The van der Waals surface area contributed by atoms with Gasteiger partial charge < -0.3 is 9.64 Å². The van der Waals surface area contributed by atoms with Crippen LogP contribution in [0.2, 0.25) is 5.02 Å². The topological polar surface area (TPSA) is 36.3 Å². The predicted molar refractivity (Wildman–Crippen MR) is 71.6 cm³/mol. The zero-order valence-electron chi connectivity index (χ0n) is 9.20. The molecular weight excluding hydrogens is 304 g/mol. The van der Waals surface area contributed by atoms with Gasteiger partial charge in [0.05, 0.1) is 19.2 Å². The van der Waals surface area contributed by atoms with Crippen LogP contribution in [0.5, 0.6) is 0 Å². The highest BCUT2D eigenvalue weighted by atomic mass is 79.9. The van der Waals surface area contributed by atoms with Crippen LogP contribution in [0.1, 0.15) is 5.56 Å². The first-order valence-corrected chi connectivity index (χ1v) is 6.85.